The van der Waals surface area contributed by atoms with Gasteiger partial charge in [-0.3, -0.25) is 4.57 Å². The molecule has 1 unspecified atom stereocenters. The van der Waals surface area contributed by atoms with Gasteiger partial charge in [-0.05, 0) is 35.3 Å². The van der Waals surface area contributed by atoms with Crippen molar-refractivity contribution in [3.63, 3.8) is 0 Å². The van der Waals surface area contributed by atoms with Crippen LogP contribution in [0.5, 0.6) is 0 Å². The number of hydrogen-bond donors (Lipinski definition) is 1. The maximum Gasteiger partial charge on any atom is 0.248 e. The van der Waals surface area contributed by atoms with Gasteiger partial charge in [-0.1, -0.05) is 90.8 Å². The Hall–Kier alpha value is -0.930. The van der Waals surface area contributed by atoms with Crippen molar-refractivity contribution in [1.82, 2.24) is 9.34 Å². The van der Waals surface area contributed by atoms with Crippen molar-refractivity contribution in [2.45, 2.75) is 85.2 Å². The lowest BCUT2D eigenvalue weighted by Crippen LogP contribution is -2.43. The molecule has 30 heavy (non-hydrogen) atoms. The molecule has 3 rings (SSSR count). The maximum atomic E-state index is 14.9. The first-order chi connectivity index (χ1) is 13.9. The Balaban J connectivity index is 2.02. The molecule has 0 amide bonds. The van der Waals surface area contributed by atoms with E-state index < -0.39 is 13.3 Å². The highest BCUT2D eigenvalue weighted by Crippen LogP contribution is 2.67. The van der Waals surface area contributed by atoms with Crippen molar-refractivity contribution in [3.05, 3.63) is 42.0 Å². The van der Waals surface area contributed by atoms with E-state index >= 15 is 0 Å². The first-order valence-electron chi connectivity index (χ1n) is 11.5. The summed E-state index contributed by atoms with van der Waals surface area (Å²) in [5.41, 5.74) is 1.04. The Morgan fingerprint density at radius 1 is 0.967 bits per heavy atom. The number of nitrogens with zero attached hydrogens (tertiary/aromatic N) is 2. The van der Waals surface area contributed by atoms with Gasteiger partial charge in [-0.25, -0.2) is 9.34 Å². The van der Waals surface area contributed by atoms with E-state index in [4.69, 9.17) is 0 Å². The Labute approximate surface area is 183 Å². The van der Waals surface area contributed by atoms with Gasteiger partial charge in [-0.15, -0.1) is 0 Å². The number of benzene rings is 1. The molecule has 1 heterocycles. The second kappa shape index (κ2) is 8.90. The number of aliphatic hydroxyl groups is 1. The van der Waals surface area contributed by atoms with E-state index in [9.17, 15) is 9.67 Å². The number of aliphatic hydroxyl groups excluding tert-OH is 1. The molecule has 5 heteroatoms. The molecule has 0 spiro atoms. The van der Waals surface area contributed by atoms with Gasteiger partial charge < -0.3 is 5.11 Å². The molecular weight excluding hydrogens is 391 g/mol. The average Bonchev–Trinajstić information content (AvgIpc) is 2.88. The van der Waals surface area contributed by atoms with Gasteiger partial charge in [0, 0.05) is 25.2 Å². The average molecular weight is 433 g/mol. The Morgan fingerprint density at radius 3 is 1.87 bits per heavy atom. The molecule has 3 atom stereocenters. The maximum absolute atomic E-state index is 14.9. The molecule has 2 aliphatic rings. The molecule has 2 fully saturated rings. The van der Waals surface area contributed by atoms with Crippen LogP contribution in [0.1, 0.15) is 72.8 Å². The van der Waals surface area contributed by atoms with E-state index in [0.717, 1.165) is 31.5 Å². The normalized spacial score (nSPS) is 26.8. The largest absolute Gasteiger partial charge is 0.378 e. The van der Waals surface area contributed by atoms with Crippen LogP contribution in [-0.2, 0) is 4.57 Å². The molecule has 1 aromatic carbocycles. The summed E-state index contributed by atoms with van der Waals surface area (Å²) in [6.45, 7) is 14.7. The summed E-state index contributed by atoms with van der Waals surface area (Å²) >= 11 is 0. The standard InChI is InChI=1S/C25H41N2O2P/c1-24(2,3)18-26-21-14-10-11-15-22(21)27(19-25(4,5)6)30(26,29)23(28)17-16-20-12-8-7-9-13-20/h7-9,12-13,16-17,21-23,28H,10-11,14-15,18-19H2,1-6H3/t21-,22-,23?/m1/s1. The van der Waals surface area contributed by atoms with Crippen LogP contribution in [0.3, 0.4) is 0 Å². The quantitative estimate of drug-likeness (QED) is 0.560. The molecular formula is C25H41N2O2P. The number of hydrogen-bond acceptors (Lipinski definition) is 2. The first-order valence-corrected chi connectivity index (χ1v) is 13.2. The third kappa shape index (κ3) is 5.27. The van der Waals surface area contributed by atoms with Crippen LogP contribution in [-0.4, -0.2) is 45.5 Å². The summed E-state index contributed by atoms with van der Waals surface area (Å²) in [6, 6.07) is 10.5. The van der Waals surface area contributed by atoms with Crippen molar-refractivity contribution in [3.8, 4) is 0 Å². The summed E-state index contributed by atoms with van der Waals surface area (Å²) in [7, 11) is -3.18. The second-order valence-corrected chi connectivity index (χ2v) is 14.2. The molecule has 0 bridgehead atoms. The molecule has 1 aliphatic heterocycles. The zero-order valence-corrected chi connectivity index (χ0v) is 20.6. The van der Waals surface area contributed by atoms with Gasteiger partial charge in [0.1, 0.15) is 0 Å². The summed E-state index contributed by atoms with van der Waals surface area (Å²) < 4.78 is 19.3. The number of rotatable bonds is 5. The third-order valence-corrected chi connectivity index (χ3v) is 9.28. The van der Waals surface area contributed by atoms with Crippen molar-refractivity contribution < 1.29 is 9.67 Å². The summed E-state index contributed by atoms with van der Waals surface area (Å²) in [4.78, 5) is 0. The summed E-state index contributed by atoms with van der Waals surface area (Å²) in [5, 5.41) is 11.4. The fourth-order valence-electron chi connectivity index (χ4n) is 4.95. The fraction of sp³-hybridized carbons (Fsp3) is 0.680. The molecule has 1 saturated carbocycles. The zero-order valence-electron chi connectivity index (χ0n) is 19.7. The van der Waals surface area contributed by atoms with Crippen molar-refractivity contribution in [2.24, 2.45) is 10.8 Å². The van der Waals surface area contributed by atoms with E-state index in [2.05, 4.69) is 50.9 Å². The Bertz CT molecular complexity index is 743. The minimum absolute atomic E-state index is 0.0122. The highest BCUT2D eigenvalue weighted by atomic mass is 31.2. The number of fused-ring (bicyclic) bond motifs is 1. The van der Waals surface area contributed by atoms with Crippen LogP contribution in [0.25, 0.3) is 6.08 Å². The molecule has 0 radical (unpaired) electrons. The van der Waals surface area contributed by atoms with E-state index in [1.165, 1.54) is 12.8 Å². The van der Waals surface area contributed by atoms with Crippen molar-refractivity contribution >= 4 is 13.5 Å². The van der Waals surface area contributed by atoms with Crippen molar-refractivity contribution in [2.75, 3.05) is 13.1 Å². The van der Waals surface area contributed by atoms with Crippen LogP contribution < -0.4 is 0 Å². The highest BCUT2D eigenvalue weighted by Gasteiger charge is 2.58. The highest BCUT2D eigenvalue weighted by molar-refractivity contribution is 7.60. The lowest BCUT2D eigenvalue weighted by Gasteiger charge is -2.39. The van der Waals surface area contributed by atoms with E-state index in [0.29, 0.717) is 0 Å². The minimum atomic E-state index is -3.18. The van der Waals surface area contributed by atoms with E-state index in [1.807, 2.05) is 36.4 Å². The zero-order chi connectivity index (χ0) is 22.2. The Kier molecular flexibility index (Phi) is 7.04. The van der Waals surface area contributed by atoms with Gasteiger partial charge in [0.2, 0.25) is 7.44 Å². The molecule has 1 N–H and O–H groups in total. The Morgan fingerprint density at radius 2 is 1.43 bits per heavy atom. The van der Waals surface area contributed by atoms with E-state index in [1.54, 1.807) is 6.08 Å². The fourth-order valence-corrected chi connectivity index (χ4v) is 8.80. The lowest BCUT2D eigenvalue weighted by atomic mass is 9.87. The van der Waals surface area contributed by atoms with Gasteiger partial charge in [0.25, 0.3) is 0 Å². The minimum Gasteiger partial charge on any atom is -0.378 e. The predicted octanol–water partition coefficient (Wildman–Crippen LogP) is 6.23. The monoisotopic (exact) mass is 432 g/mol. The first kappa shape index (κ1) is 23.7. The van der Waals surface area contributed by atoms with Gasteiger partial charge in [0.15, 0.2) is 5.85 Å². The molecule has 1 aliphatic carbocycles. The predicted molar refractivity (Wildman–Crippen MR) is 127 cm³/mol. The van der Waals surface area contributed by atoms with Crippen LogP contribution in [0.2, 0.25) is 0 Å². The topological polar surface area (TPSA) is 43.8 Å². The molecule has 168 valence electrons. The van der Waals surface area contributed by atoms with Crippen LogP contribution in [0, 0.1) is 10.8 Å². The van der Waals surface area contributed by atoms with Gasteiger partial charge >= 0.3 is 0 Å². The lowest BCUT2D eigenvalue weighted by molar-refractivity contribution is 0.159. The van der Waals surface area contributed by atoms with Gasteiger partial charge in [0.05, 0.1) is 0 Å². The van der Waals surface area contributed by atoms with Gasteiger partial charge in [-0.2, -0.15) is 0 Å². The summed E-state index contributed by atoms with van der Waals surface area (Å²) in [5.74, 6) is -0.993. The van der Waals surface area contributed by atoms with E-state index in [-0.39, 0.29) is 22.9 Å². The van der Waals surface area contributed by atoms with Crippen LogP contribution in [0.15, 0.2) is 36.4 Å². The SMILES string of the molecule is CC(C)(C)CN1[C@@H]2CCCC[C@H]2N(CC(C)(C)C)P1(=O)C(O)C=Cc1ccccc1. The van der Waals surface area contributed by atoms with Crippen LogP contribution in [0.4, 0.5) is 0 Å². The molecule has 0 aromatic heterocycles. The third-order valence-electron chi connectivity index (χ3n) is 6.07. The molecule has 4 nitrogen and oxygen atoms in total. The van der Waals surface area contributed by atoms with Crippen molar-refractivity contribution in [1.29, 1.82) is 0 Å². The second-order valence-electron chi connectivity index (χ2n) is 11.5. The molecule has 1 saturated heterocycles. The van der Waals surface area contributed by atoms with Crippen LogP contribution >= 0.6 is 7.44 Å². The smallest absolute Gasteiger partial charge is 0.248 e. The summed E-state index contributed by atoms with van der Waals surface area (Å²) in [6.07, 6.45) is 8.18. The molecule has 1 aromatic rings.